The van der Waals surface area contributed by atoms with Crippen molar-refractivity contribution >= 4 is 5.69 Å². The van der Waals surface area contributed by atoms with Crippen molar-refractivity contribution in [2.24, 2.45) is 0 Å². The average molecular weight is 149 g/mol. The van der Waals surface area contributed by atoms with Gasteiger partial charge < -0.3 is 4.90 Å². The molecule has 1 aliphatic rings. The molecule has 2 nitrogen and oxygen atoms in total. The maximum absolute atomic E-state index is 3.03. The Kier molecular flexibility index (Phi) is 1.76. The summed E-state index contributed by atoms with van der Waals surface area (Å²) in [5.74, 6) is 0. The van der Waals surface area contributed by atoms with Gasteiger partial charge in [-0.3, -0.25) is 0 Å². The highest BCUT2D eigenvalue weighted by Crippen LogP contribution is 2.17. The van der Waals surface area contributed by atoms with Gasteiger partial charge in [0, 0.05) is 30.9 Å². The van der Waals surface area contributed by atoms with Crippen molar-refractivity contribution in [3.63, 3.8) is 0 Å². The summed E-state index contributed by atoms with van der Waals surface area (Å²) in [6.45, 7) is 2.45. The third-order valence-corrected chi connectivity index (χ3v) is 2.17. The van der Waals surface area contributed by atoms with E-state index < -0.39 is 0 Å². The van der Waals surface area contributed by atoms with E-state index in [1.54, 1.807) is 0 Å². The molecule has 1 aromatic rings. The molecule has 0 unspecified atom stereocenters. The van der Waals surface area contributed by atoms with E-state index in [4.69, 9.17) is 0 Å². The molecule has 1 aromatic heterocycles. The summed E-state index contributed by atoms with van der Waals surface area (Å²) in [4.78, 5) is 5.45. The summed E-state index contributed by atoms with van der Waals surface area (Å²) in [5, 5.41) is 0. The fourth-order valence-corrected chi connectivity index (χ4v) is 1.56. The number of pyridine rings is 1. The van der Waals surface area contributed by atoms with Gasteiger partial charge in [-0.05, 0) is 12.8 Å². The second-order valence-electron chi connectivity index (χ2n) is 2.95. The number of aromatic nitrogens is 1. The van der Waals surface area contributed by atoms with Gasteiger partial charge >= 0.3 is 0 Å². The molecule has 58 valence electrons. The van der Waals surface area contributed by atoms with E-state index in [0.717, 1.165) is 0 Å². The minimum atomic E-state index is 1.23. The normalized spacial score (nSPS) is 17.3. The van der Waals surface area contributed by atoms with Crippen molar-refractivity contribution in [3.05, 3.63) is 24.5 Å². The molecule has 2 rings (SSSR count). The quantitative estimate of drug-likeness (QED) is 0.584. The van der Waals surface area contributed by atoms with Crippen molar-refractivity contribution in [2.45, 2.75) is 12.8 Å². The van der Waals surface area contributed by atoms with E-state index in [9.17, 15) is 0 Å². The van der Waals surface area contributed by atoms with E-state index in [1.807, 2.05) is 12.4 Å². The molecular formula is C9H13N2+. The molecule has 2 heterocycles. The van der Waals surface area contributed by atoms with Crippen molar-refractivity contribution in [1.29, 1.82) is 0 Å². The van der Waals surface area contributed by atoms with Crippen molar-refractivity contribution in [3.8, 4) is 0 Å². The molecule has 0 amide bonds. The van der Waals surface area contributed by atoms with E-state index in [0.29, 0.717) is 0 Å². The minimum Gasteiger partial charge on any atom is -0.371 e. The summed E-state index contributed by atoms with van der Waals surface area (Å²) in [6.07, 6.45) is 6.65. The lowest BCUT2D eigenvalue weighted by molar-refractivity contribution is -0.377. The zero-order chi connectivity index (χ0) is 7.52. The van der Waals surface area contributed by atoms with Gasteiger partial charge in [0.2, 0.25) is 0 Å². The lowest BCUT2D eigenvalue weighted by atomic mass is 10.4. The maximum Gasteiger partial charge on any atom is 0.169 e. The van der Waals surface area contributed by atoms with Crippen LogP contribution in [0.25, 0.3) is 0 Å². The lowest BCUT2D eigenvalue weighted by Gasteiger charge is -2.15. The third kappa shape index (κ3) is 1.34. The predicted molar refractivity (Wildman–Crippen MR) is 44.4 cm³/mol. The van der Waals surface area contributed by atoms with E-state index in [-0.39, 0.29) is 0 Å². The summed E-state index contributed by atoms with van der Waals surface area (Å²) in [5.41, 5.74) is 1.35. The Morgan fingerprint density at radius 1 is 1.09 bits per heavy atom. The van der Waals surface area contributed by atoms with Crippen LogP contribution in [0.5, 0.6) is 0 Å². The number of nitrogens with one attached hydrogen (secondary N) is 1. The molecular weight excluding hydrogens is 136 g/mol. The number of H-pyrrole nitrogens is 1. The Bertz CT molecular complexity index is 214. The SMILES string of the molecule is c1cc(N2CCCC2)cc[nH+]1. The smallest absolute Gasteiger partial charge is 0.169 e. The van der Waals surface area contributed by atoms with Crippen molar-refractivity contribution < 1.29 is 4.98 Å². The fourth-order valence-electron chi connectivity index (χ4n) is 1.56. The van der Waals surface area contributed by atoms with Crippen LogP contribution in [0.1, 0.15) is 12.8 Å². The Labute approximate surface area is 66.9 Å². The summed E-state index contributed by atoms with van der Waals surface area (Å²) >= 11 is 0. The van der Waals surface area contributed by atoms with E-state index in [1.165, 1.54) is 31.6 Å². The van der Waals surface area contributed by atoms with Gasteiger partial charge in [0.05, 0.1) is 0 Å². The Morgan fingerprint density at radius 3 is 2.36 bits per heavy atom. The van der Waals surface area contributed by atoms with E-state index >= 15 is 0 Å². The second kappa shape index (κ2) is 2.91. The first-order valence-corrected chi connectivity index (χ1v) is 4.18. The van der Waals surface area contributed by atoms with Gasteiger partial charge in [-0.15, -0.1) is 0 Å². The number of aromatic amines is 1. The molecule has 0 spiro atoms. The largest absolute Gasteiger partial charge is 0.371 e. The number of hydrogen-bond acceptors (Lipinski definition) is 1. The molecule has 2 heteroatoms. The molecule has 0 aliphatic carbocycles. The minimum absolute atomic E-state index is 1.23. The Balaban J connectivity index is 2.16. The number of nitrogens with zero attached hydrogens (tertiary/aromatic N) is 1. The first-order valence-electron chi connectivity index (χ1n) is 4.18. The van der Waals surface area contributed by atoms with Crippen LogP contribution in [-0.4, -0.2) is 13.1 Å². The fraction of sp³-hybridized carbons (Fsp3) is 0.444. The summed E-state index contributed by atoms with van der Waals surface area (Å²) in [6, 6.07) is 4.26. The molecule has 0 atom stereocenters. The molecule has 1 fully saturated rings. The van der Waals surface area contributed by atoms with Crippen LogP contribution in [0.2, 0.25) is 0 Å². The van der Waals surface area contributed by atoms with Crippen LogP contribution in [0, 0.1) is 0 Å². The van der Waals surface area contributed by atoms with Crippen molar-refractivity contribution in [2.75, 3.05) is 18.0 Å². The van der Waals surface area contributed by atoms with Gasteiger partial charge in [0.15, 0.2) is 12.4 Å². The molecule has 1 saturated heterocycles. The van der Waals surface area contributed by atoms with Crippen LogP contribution in [0.3, 0.4) is 0 Å². The standard InChI is InChI=1S/C9H12N2/c1-2-8-11(7-1)9-3-5-10-6-4-9/h3-6H,1-2,7-8H2/p+1. The highest BCUT2D eigenvalue weighted by molar-refractivity contribution is 5.44. The van der Waals surface area contributed by atoms with E-state index in [2.05, 4.69) is 22.0 Å². The van der Waals surface area contributed by atoms with Crippen LogP contribution in [0.15, 0.2) is 24.5 Å². The highest BCUT2D eigenvalue weighted by Gasteiger charge is 2.11. The molecule has 11 heavy (non-hydrogen) atoms. The molecule has 0 aromatic carbocycles. The Hall–Kier alpha value is -1.05. The first-order chi connectivity index (χ1) is 5.47. The second-order valence-corrected chi connectivity index (χ2v) is 2.95. The van der Waals surface area contributed by atoms with Gasteiger partial charge in [0.25, 0.3) is 0 Å². The van der Waals surface area contributed by atoms with Gasteiger partial charge in [-0.2, -0.15) is 0 Å². The zero-order valence-electron chi connectivity index (χ0n) is 6.59. The topological polar surface area (TPSA) is 17.4 Å². The van der Waals surface area contributed by atoms with Crippen LogP contribution in [-0.2, 0) is 0 Å². The van der Waals surface area contributed by atoms with Gasteiger partial charge in [-0.1, -0.05) is 0 Å². The third-order valence-electron chi connectivity index (χ3n) is 2.17. The monoisotopic (exact) mass is 149 g/mol. The van der Waals surface area contributed by atoms with Gasteiger partial charge in [-0.25, -0.2) is 4.98 Å². The molecule has 1 aliphatic heterocycles. The Morgan fingerprint density at radius 2 is 1.73 bits per heavy atom. The number of rotatable bonds is 1. The number of hydrogen-bond donors (Lipinski definition) is 0. The molecule has 0 saturated carbocycles. The average Bonchev–Trinajstić information content (AvgIpc) is 2.58. The maximum atomic E-state index is 3.03. The molecule has 0 bridgehead atoms. The van der Waals surface area contributed by atoms with Crippen LogP contribution in [0.4, 0.5) is 5.69 Å². The van der Waals surface area contributed by atoms with Crippen molar-refractivity contribution in [1.82, 2.24) is 0 Å². The predicted octanol–water partition coefficient (Wildman–Crippen LogP) is 1.10. The highest BCUT2D eigenvalue weighted by atomic mass is 15.1. The van der Waals surface area contributed by atoms with Crippen LogP contribution >= 0.6 is 0 Å². The molecule has 0 radical (unpaired) electrons. The van der Waals surface area contributed by atoms with Gasteiger partial charge in [0.1, 0.15) is 0 Å². The number of anilines is 1. The summed E-state index contributed by atoms with van der Waals surface area (Å²) in [7, 11) is 0. The first kappa shape index (κ1) is 6.65. The summed E-state index contributed by atoms with van der Waals surface area (Å²) < 4.78 is 0. The zero-order valence-corrected chi connectivity index (χ0v) is 6.59. The van der Waals surface area contributed by atoms with Crippen LogP contribution < -0.4 is 9.88 Å². The molecule has 1 N–H and O–H groups in total. The lowest BCUT2D eigenvalue weighted by Crippen LogP contribution is -2.18.